The Morgan fingerprint density at radius 1 is 1.19 bits per heavy atom. The van der Waals surface area contributed by atoms with Crippen molar-refractivity contribution in [2.24, 2.45) is 0 Å². The molecular weight excluding hydrogens is 286 g/mol. The molecule has 21 heavy (non-hydrogen) atoms. The molecule has 1 atom stereocenters. The van der Waals surface area contributed by atoms with E-state index in [-0.39, 0.29) is 4.90 Å². The van der Waals surface area contributed by atoms with Crippen LogP contribution in [0.1, 0.15) is 38.7 Å². The highest BCUT2D eigenvalue weighted by Crippen LogP contribution is 2.21. The molecule has 0 fully saturated rings. The first-order valence-corrected chi connectivity index (χ1v) is 8.60. The average Bonchev–Trinajstić information content (AvgIpc) is 2.93. The van der Waals surface area contributed by atoms with Crippen molar-refractivity contribution in [3.63, 3.8) is 0 Å². The van der Waals surface area contributed by atoms with Gasteiger partial charge in [-0.2, -0.15) is 5.10 Å². The lowest BCUT2D eigenvalue weighted by molar-refractivity contribution is 0.600. The molecule has 1 aromatic heterocycles. The lowest BCUT2D eigenvalue weighted by Gasteiger charge is -2.10. The summed E-state index contributed by atoms with van der Waals surface area (Å²) >= 11 is 0. The molecule has 0 bridgehead atoms. The van der Waals surface area contributed by atoms with Gasteiger partial charge in [0.1, 0.15) is 0 Å². The number of anilines is 1. The molecule has 6 heteroatoms. The van der Waals surface area contributed by atoms with E-state index in [1.54, 1.807) is 29.1 Å². The van der Waals surface area contributed by atoms with Crippen LogP contribution in [0.25, 0.3) is 0 Å². The second-order valence-electron chi connectivity index (χ2n) is 5.04. The van der Waals surface area contributed by atoms with Crippen LogP contribution >= 0.6 is 0 Å². The van der Waals surface area contributed by atoms with E-state index in [2.05, 4.69) is 23.7 Å². The number of aryl methyl sites for hydroxylation is 1. The SMILES string of the molecule is CCC(C)c1ccc(S(=O)(=O)Nc2ccn(CC)n2)cc1. The summed E-state index contributed by atoms with van der Waals surface area (Å²) in [5.41, 5.74) is 1.15. The number of hydrogen-bond donors (Lipinski definition) is 1. The molecule has 114 valence electrons. The quantitative estimate of drug-likeness (QED) is 0.891. The van der Waals surface area contributed by atoms with Gasteiger partial charge in [-0.3, -0.25) is 9.40 Å². The molecule has 1 unspecified atom stereocenters. The summed E-state index contributed by atoms with van der Waals surface area (Å²) < 4.78 is 28.7. The number of sulfonamides is 1. The minimum atomic E-state index is -3.58. The highest BCUT2D eigenvalue weighted by molar-refractivity contribution is 7.92. The van der Waals surface area contributed by atoms with Crippen LogP contribution in [0.3, 0.4) is 0 Å². The van der Waals surface area contributed by atoms with Crippen LogP contribution in [0, 0.1) is 0 Å². The molecule has 0 aliphatic rings. The third-order valence-corrected chi connectivity index (χ3v) is 4.95. The highest BCUT2D eigenvalue weighted by atomic mass is 32.2. The van der Waals surface area contributed by atoms with Crippen molar-refractivity contribution < 1.29 is 8.42 Å². The van der Waals surface area contributed by atoms with Crippen LogP contribution < -0.4 is 4.72 Å². The number of rotatable bonds is 6. The fourth-order valence-corrected chi connectivity index (χ4v) is 3.00. The highest BCUT2D eigenvalue weighted by Gasteiger charge is 2.16. The zero-order valence-corrected chi connectivity index (χ0v) is 13.4. The lowest BCUT2D eigenvalue weighted by Crippen LogP contribution is -2.13. The molecule has 2 aromatic rings. The van der Waals surface area contributed by atoms with Crippen LogP contribution in [0.2, 0.25) is 0 Å². The maximum Gasteiger partial charge on any atom is 0.263 e. The van der Waals surface area contributed by atoms with E-state index in [1.807, 2.05) is 19.1 Å². The fraction of sp³-hybridized carbons (Fsp3) is 0.400. The van der Waals surface area contributed by atoms with Crippen LogP contribution in [-0.4, -0.2) is 18.2 Å². The first-order valence-electron chi connectivity index (χ1n) is 7.12. The summed E-state index contributed by atoms with van der Waals surface area (Å²) in [4.78, 5) is 0.251. The van der Waals surface area contributed by atoms with Crippen LogP contribution in [0.5, 0.6) is 0 Å². The van der Waals surface area contributed by atoms with Crippen molar-refractivity contribution in [3.8, 4) is 0 Å². The van der Waals surface area contributed by atoms with Crippen molar-refractivity contribution in [2.75, 3.05) is 4.72 Å². The molecule has 0 saturated carbocycles. The van der Waals surface area contributed by atoms with Gasteiger partial charge in [0.25, 0.3) is 10.0 Å². The number of nitrogens with one attached hydrogen (secondary N) is 1. The molecule has 0 spiro atoms. The van der Waals surface area contributed by atoms with E-state index in [1.165, 1.54) is 0 Å². The van der Waals surface area contributed by atoms with E-state index >= 15 is 0 Å². The average molecular weight is 307 g/mol. The van der Waals surface area contributed by atoms with Crippen LogP contribution in [0.15, 0.2) is 41.4 Å². The van der Waals surface area contributed by atoms with Gasteiger partial charge >= 0.3 is 0 Å². The summed E-state index contributed by atoms with van der Waals surface area (Å²) in [5.74, 6) is 0.762. The molecule has 0 aliphatic heterocycles. The Morgan fingerprint density at radius 3 is 2.38 bits per heavy atom. The Kier molecular flexibility index (Phi) is 4.67. The van der Waals surface area contributed by atoms with E-state index in [0.29, 0.717) is 18.3 Å². The second-order valence-corrected chi connectivity index (χ2v) is 6.72. The van der Waals surface area contributed by atoms with Crippen LogP contribution in [-0.2, 0) is 16.6 Å². The van der Waals surface area contributed by atoms with Gasteiger partial charge in [0.15, 0.2) is 5.82 Å². The topological polar surface area (TPSA) is 64.0 Å². The molecule has 1 heterocycles. The zero-order chi connectivity index (χ0) is 15.5. The van der Waals surface area contributed by atoms with Gasteiger partial charge in [-0.1, -0.05) is 26.0 Å². The molecule has 1 aromatic carbocycles. The molecule has 2 rings (SSSR count). The summed E-state index contributed by atoms with van der Waals surface area (Å²) in [6, 6.07) is 8.66. The molecule has 5 nitrogen and oxygen atoms in total. The Hall–Kier alpha value is -1.82. The molecule has 0 saturated heterocycles. The molecule has 0 radical (unpaired) electrons. The Balaban J connectivity index is 2.19. The monoisotopic (exact) mass is 307 g/mol. The van der Waals surface area contributed by atoms with Gasteiger partial charge in [0.05, 0.1) is 4.90 Å². The Morgan fingerprint density at radius 2 is 1.86 bits per heavy atom. The summed E-state index contributed by atoms with van der Waals surface area (Å²) in [6.07, 6.45) is 2.77. The number of hydrogen-bond acceptors (Lipinski definition) is 3. The first kappa shape index (κ1) is 15.6. The summed E-state index contributed by atoms with van der Waals surface area (Å²) in [5, 5.41) is 4.12. The predicted octanol–water partition coefficient (Wildman–Crippen LogP) is 3.22. The molecular formula is C15H21N3O2S. The maximum absolute atomic E-state index is 12.3. The number of benzene rings is 1. The minimum Gasteiger partial charge on any atom is -0.271 e. The van der Waals surface area contributed by atoms with Crippen molar-refractivity contribution in [3.05, 3.63) is 42.1 Å². The molecule has 1 N–H and O–H groups in total. The predicted molar refractivity (Wildman–Crippen MR) is 83.9 cm³/mol. The van der Waals surface area contributed by atoms with Gasteiger partial charge in [0.2, 0.25) is 0 Å². The normalized spacial score (nSPS) is 13.1. The largest absolute Gasteiger partial charge is 0.271 e. The van der Waals surface area contributed by atoms with Crippen molar-refractivity contribution in [1.82, 2.24) is 9.78 Å². The Labute approximate surface area is 126 Å². The standard InChI is InChI=1S/C15H21N3O2S/c1-4-12(3)13-6-8-14(9-7-13)21(19,20)17-15-10-11-18(5-2)16-15/h6-12H,4-5H2,1-3H3,(H,16,17). The third-order valence-electron chi connectivity index (χ3n) is 3.58. The van der Waals surface area contributed by atoms with Crippen molar-refractivity contribution >= 4 is 15.8 Å². The van der Waals surface area contributed by atoms with E-state index in [4.69, 9.17) is 0 Å². The maximum atomic E-state index is 12.3. The second kappa shape index (κ2) is 6.30. The van der Waals surface area contributed by atoms with E-state index < -0.39 is 10.0 Å². The molecule has 0 amide bonds. The van der Waals surface area contributed by atoms with Gasteiger partial charge in [-0.05, 0) is 37.0 Å². The zero-order valence-electron chi connectivity index (χ0n) is 12.6. The third kappa shape index (κ3) is 3.64. The summed E-state index contributed by atoms with van der Waals surface area (Å²) in [7, 11) is -3.58. The number of nitrogens with zero attached hydrogens (tertiary/aromatic N) is 2. The minimum absolute atomic E-state index is 0.251. The van der Waals surface area contributed by atoms with Crippen molar-refractivity contribution in [1.29, 1.82) is 0 Å². The lowest BCUT2D eigenvalue weighted by atomic mass is 9.99. The molecule has 0 aliphatic carbocycles. The summed E-state index contributed by atoms with van der Waals surface area (Å²) in [6.45, 7) is 6.88. The fourth-order valence-electron chi connectivity index (χ4n) is 2.00. The Bertz CT molecular complexity index is 690. The van der Waals surface area contributed by atoms with E-state index in [0.717, 1.165) is 12.0 Å². The number of aromatic nitrogens is 2. The van der Waals surface area contributed by atoms with Crippen LogP contribution in [0.4, 0.5) is 5.82 Å². The van der Waals surface area contributed by atoms with Gasteiger partial charge in [-0.15, -0.1) is 0 Å². The van der Waals surface area contributed by atoms with Gasteiger partial charge < -0.3 is 0 Å². The van der Waals surface area contributed by atoms with Crippen molar-refractivity contribution in [2.45, 2.75) is 44.6 Å². The first-order chi connectivity index (χ1) is 9.96. The smallest absolute Gasteiger partial charge is 0.263 e. The van der Waals surface area contributed by atoms with Gasteiger partial charge in [-0.25, -0.2) is 8.42 Å². The van der Waals surface area contributed by atoms with Gasteiger partial charge in [0, 0.05) is 18.8 Å². The van der Waals surface area contributed by atoms with E-state index in [9.17, 15) is 8.42 Å².